The Hall–Kier alpha value is -4.12. The molecule has 224 valence electrons. The first-order valence-corrected chi connectivity index (χ1v) is 13.5. The highest BCUT2D eigenvalue weighted by molar-refractivity contribution is 5.92. The molecule has 0 fully saturated rings. The van der Waals surface area contributed by atoms with E-state index < -0.39 is 48.2 Å². The van der Waals surface area contributed by atoms with Crippen LogP contribution in [0.25, 0.3) is 0 Å². The van der Waals surface area contributed by atoms with Gasteiger partial charge >= 0.3 is 12.1 Å². The minimum Gasteiger partial charge on any atom is -0.508 e. The number of phenolic OH excluding ortho intramolecular Hbond substituents is 1. The molecule has 4 N–H and O–H groups in total. The van der Waals surface area contributed by atoms with Crippen LogP contribution >= 0.6 is 0 Å². The number of nitrogens with one attached hydrogen (secondary N) is 2. The predicted octanol–water partition coefficient (Wildman–Crippen LogP) is 2.77. The molecule has 0 aliphatic carbocycles. The maximum atomic E-state index is 14.1. The second-order valence-electron chi connectivity index (χ2n) is 10.5. The Labute approximate surface area is 240 Å². The molecule has 0 bridgehead atoms. The molecular weight excluding hydrogens is 530 g/mol. The average molecular weight is 572 g/mol. The molecule has 3 amide bonds. The van der Waals surface area contributed by atoms with Crippen molar-refractivity contribution in [3.63, 3.8) is 0 Å². The van der Waals surface area contributed by atoms with E-state index in [-0.39, 0.29) is 38.3 Å². The van der Waals surface area contributed by atoms with Crippen molar-refractivity contribution in [2.45, 2.75) is 65.1 Å². The van der Waals surface area contributed by atoms with Crippen molar-refractivity contribution in [1.29, 1.82) is 0 Å². The van der Waals surface area contributed by atoms with Crippen molar-refractivity contribution in [3.05, 3.63) is 65.2 Å². The van der Waals surface area contributed by atoms with Crippen LogP contribution in [-0.4, -0.2) is 76.9 Å². The van der Waals surface area contributed by atoms with Crippen LogP contribution in [0.4, 0.5) is 4.79 Å². The summed E-state index contributed by atoms with van der Waals surface area (Å²) >= 11 is 0. The van der Waals surface area contributed by atoms with Crippen molar-refractivity contribution in [2.75, 3.05) is 26.3 Å². The van der Waals surface area contributed by atoms with Gasteiger partial charge in [-0.25, -0.2) is 4.79 Å². The third-order valence-corrected chi connectivity index (χ3v) is 5.88. The number of aliphatic hydroxyl groups is 1. The number of hydrogen-bond acceptors (Lipinski definition) is 8. The Morgan fingerprint density at radius 1 is 1.00 bits per heavy atom. The third kappa shape index (κ3) is 11.1. The number of aliphatic hydroxyl groups excluding tert-OH is 1. The van der Waals surface area contributed by atoms with Gasteiger partial charge in [-0.05, 0) is 57.9 Å². The van der Waals surface area contributed by atoms with Crippen LogP contribution < -0.4 is 10.6 Å². The van der Waals surface area contributed by atoms with Crippen LogP contribution in [0.3, 0.4) is 0 Å². The summed E-state index contributed by atoms with van der Waals surface area (Å²) in [7, 11) is 0. The number of rotatable bonds is 13. The SMILES string of the molecule is CCOC(=O)CCNC(=O)C(c1ccc(C)cc1)N(CCO)C(=O)C(Cc1ccc(O)cc1)NC(=O)OC(C)(C)C. The van der Waals surface area contributed by atoms with E-state index in [2.05, 4.69) is 10.6 Å². The molecule has 0 aliphatic heterocycles. The number of alkyl carbamates (subject to hydrolysis) is 1. The summed E-state index contributed by atoms with van der Waals surface area (Å²) in [5.74, 6) is -1.64. The highest BCUT2D eigenvalue weighted by Crippen LogP contribution is 2.24. The van der Waals surface area contributed by atoms with Crippen LogP contribution in [0.2, 0.25) is 0 Å². The van der Waals surface area contributed by atoms with E-state index in [0.717, 1.165) is 5.56 Å². The number of nitrogens with zero attached hydrogens (tertiary/aromatic N) is 1. The third-order valence-electron chi connectivity index (χ3n) is 5.88. The first-order chi connectivity index (χ1) is 19.3. The summed E-state index contributed by atoms with van der Waals surface area (Å²) < 4.78 is 10.3. The van der Waals surface area contributed by atoms with Gasteiger partial charge in [0.2, 0.25) is 11.8 Å². The molecule has 0 radical (unpaired) electrons. The average Bonchev–Trinajstić information content (AvgIpc) is 2.89. The Morgan fingerprint density at radius 3 is 2.20 bits per heavy atom. The summed E-state index contributed by atoms with van der Waals surface area (Å²) in [6.07, 6.45) is -0.868. The number of ether oxygens (including phenoxy) is 2. The molecule has 2 rings (SSSR count). The van der Waals surface area contributed by atoms with E-state index in [1.54, 1.807) is 64.1 Å². The van der Waals surface area contributed by atoms with E-state index in [1.807, 2.05) is 6.92 Å². The first kappa shape index (κ1) is 33.1. The quantitative estimate of drug-likeness (QED) is 0.268. The van der Waals surface area contributed by atoms with E-state index >= 15 is 0 Å². The van der Waals surface area contributed by atoms with Gasteiger partial charge in [-0.3, -0.25) is 14.4 Å². The topological polar surface area (TPSA) is 154 Å². The molecule has 0 saturated heterocycles. The molecule has 41 heavy (non-hydrogen) atoms. The summed E-state index contributed by atoms with van der Waals surface area (Å²) in [6.45, 7) is 8.15. The number of amides is 3. The highest BCUT2D eigenvalue weighted by atomic mass is 16.6. The van der Waals surface area contributed by atoms with Gasteiger partial charge in [0, 0.05) is 19.5 Å². The minimum absolute atomic E-state index is 0.0192. The maximum Gasteiger partial charge on any atom is 0.408 e. The highest BCUT2D eigenvalue weighted by Gasteiger charge is 2.36. The zero-order valence-corrected chi connectivity index (χ0v) is 24.3. The van der Waals surface area contributed by atoms with Gasteiger partial charge in [-0.15, -0.1) is 0 Å². The molecule has 0 spiro atoms. The van der Waals surface area contributed by atoms with Crippen LogP contribution in [-0.2, 0) is 30.3 Å². The Morgan fingerprint density at radius 2 is 1.63 bits per heavy atom. The molecule has 2 atom stereocenters. The fraction of sp³-hybridized carbons (Fsp3) is 0.467. The second-order valence-corrected chi connectivity index (χ2v) is 10.5. The minimum atomic E-state index is -1.18. The zero-order valence-electron chi connectivity index (χ0n) is 24.3. The smallest absolute Gasteiger partial charge is 0.408 e. The lowest BCUT2D eigenvalue weighted by Crippen LogP contribution is -2.54. The molecule has 0 saturated carbocycles. The normalized spacial score (nSPS) is 12.5. The fourth-order valence-electron chi connectivity index (χ4n) is 4.03. The van der Waals surface area contributed by atoms with Crippen LogP contribution in [0.1, 0.15) is 56.8 Å². The summed E-state index contributed by atoms with van der Waals surface area (Å²) in [4.78, 5) is 53.4. The van der Waals surface area contributed by atoms with Crippen molar-refractivity contribution in [1.82, 2.24) is 15.5 Å². The molecular formula is C30H41N3O8. The maximum absolute atomic E-state index is 14.1. The summed E-state index contributed by atoms with van der Waals surface area (Å²) in [5, 5.41) is 24.9. The summed E-state index contributed by atoms with van der Waals surface area (Å²) in [6, 6.07) is 10.8. The molecule has 11 heteroatoms. The number of phenols is 1. The number of benzene rings is 2. The Kier molecular flexibility index (Phi) is 12.6. The second kappa shape index (κ2) is 15.6. The summed E-state index contributed by atoms with van der Waals surface area (Å²) in [5.41, 5.74) is 1.22. The first-order valence-electron chi connectivity index (χ1n) is 13.5. The van der Waals surface area contributed by atoms with E-state index in [9.17, 15) is 29.4 Å². The Balaban J connectivity index is 2.45. The number of carbonyl (C=O) groups excluding carboxylic acids is 4. The fourth-order valence-corrected chi connectivity index (χ4v) is 4.03. The van der Waals surface area contributed by atoms with Crippen molar-refractivity contribution >= 4 is 23.9 Å². The lowest BCUT2D eigenvalue weighted by atomic mass is 9.99. The van der Waals surface area contributed by atoms with Crippen molar-refractivity contribution in [2.24, 2.45) is 0 Å². The van der Waals surface area contributed by atoms with Gasteiger partial charge in [0.25, 0.3) is 0 Å². The van der Waals surface area contributed by atoms with Gasteiger partial charge in [0.05, 0.1) is 19.6 Å². The van der Waals surface area contributed by atoms with Gasteiger partial charge in [-0.1, -0.05) is 42.0 Å². The molecule has 2 aromatic rings. The van der Waals surface area contributed by atoms with Crippen LogP contribution in [0.15, 0.2) is 48.5 Å². The number of hydrogen-bond donors (Lipinski definition) is 4. The molecule has 11 nitrogen and oxygen atoms in total. The number of aromatic hydroxyl groups is 1. The van der Waals surface area contributed by atoms with E-state index in [1.165, 1.54) is 17.0 Å². The molecule has 2 aromatic carbocycles. The van der Waals surface area contributed by atoms with E-state index in [0.29, 0.717) is 11.1 Å². The van der Waals surface area contributed by atoms with Gasteiger partial charge in [0.1, 0.15) is 23.4 Å². The number of carbonyl (C=O) groups is 4. The molecule has 0 heterocycles. The monoisotopic (exact) mass is 571 g/mol. The lowest BCUT2D eigenvalue weighted by Gasteiger charge is -2.34. The largest absolute Gasteiger partial charge is 0.508 e. The zero-order chi connectivity index (χ0) is 30.6. The van der Waals surface area contributed by atoms with Crippen LogP contribution in [0.5, 0.6) is 5.75 Å². The van der Waals surface area contributed by atoms with Gasteiger partial charge in [0.15, 0.2) is 0 Å². The number of aryl methyl sites for hydroxylation is 1. The standard InChI is InChI=1S/C30H41N3O8/c1-6-40-25(36)15-16-31-27(37)26(22-11-7-20(2)8-12-22)33(17-18-34)28(38)24(32-29(39)41-30(3,4)5)19-21-9-13-23(35)14-10-21/h7-14,24,26,34-35H,6,15-19H2,1-5H3,(H,31,37)(H,32,39). The van der Waals surface area contributed by atoms with Gasteiger partial charge in [-0.2, -0.15) is 0 Å². The predicted molar refractivity (Wildman–Crippen MR) is 152 cm³/mol. The van der Waals surface area contributed by atoms with Gasteiger partial charge < -0.3 is 35.2 Å². The molecule has 0 aromatic heterocycles. The Bertz CT molecular complexity index is 1160. The van der Waals surface area contributed by atoms with Crippen molar-refractivity contribution < 1.29 is 38.9 Å². The number of esters is 1. The lowest BCUT2D eigenvalue weighted by molar-refractivity contribution is -0.144. The van der Waals surface area contributed by atoms with Crippen molar-refractivity contribution in [3.8, 4) is 5.75 Å². The molecule has 2 unspecified atom stereocenters. The van der Waals surface area contributed by atoms with Crippen LogP contribution in [0, 0.1) is 6.92 Å². The molecule has 0 aliphatic rings. The van der Waals surface area contributed by atoms with E-state index in [4.69, 9.17) is 9.47 Å².